The first-order chi connectivity index (χ1) is 14.3. The van der Waals surface area contributed by atoms with Crippen molar-refractivity contribution in [3.05, 3.63) is 73.7 Å². The largest absolute Gasteiger partial charge is 0.345 e. The zero-order valence-electron chi connectivity index (χ0n) is 16.7. The number of carbonyl (C=O) groups is 2. The van der Waals surface area contributed by atoms with E-state index in [1.54, 1.807) is 6.92 Å². The molecule has 2 heterocycles. The van der Waals surface area contributed by atoms with Gasteiger partial charge in [-0.3, -0.25) is 24.4 Å². The van der Waals surface area contributed by atoms with E-state index in [0.717, 1.165) is 16.3 Å². The average molecular weight is 427 g/mol. The summed E-state index contributed by atoms with van der Waals surface area (Å²) in [4.78, 5) is 36.1. The highest BCUT2D eigenvalue weighted by Gasteiger charge is 2.22. The number of hydrogen-bond acceptors (Lipinski definition) is 6. The van der Waals surface area contributed by atoms with E-state index in [9.17, 15) is 19.7 Å². The molecule has 10 heteroatoms. The Balaban J connectivity index is 1.71. The molecule has 1 atom stereocenters. The molecule has 1 unspecified atom stereocenters. The van der Waals surface area contributed by atoms with Gasteiger partial charge in [0, 0.05) is 29.2 Å². The van der Waals surface area contributed by atoms with E-state index in [-0.39, 0.29) is 24.0 Å². The number of aromatic nitrogens is 2. The zero-order chi connectivity index (χ0) is 21.8. The summed E-state index contributed by atoms with van der Waals surface area (Å²) in [5.74, 6) is -1.72. The Morgan fingerprint density at radius 1 is 1.20 bits per heavy atom. The number of nitrogens with zero attached hydrogens (tertiary/aromatic N) is 3. The normalized spacial score (nSPS) is 11.7. The van der Waals surface area contributed by atoms with E-state index in [2.05, 4.69) is 15.7 Å². The van der Waals surface area contributed by atoms with Gasteiger partial charge in [0.1, 0.15) is 6.04 Å². The van der Waals surface area contributed by atoms with Gasteiger partial charge in [0.25, 0.3) is 5.69 Å². The Morgan fingerprint density at radius 2 is 1.97 bits per heavy atom. The van der Waals surface area contributed by atoms with Crippen LogP contribution in [0.25, 0.3) is 0 Å². The van der Waals surface area contributed by atoms with Crippen molar-refractivity contribution in [3.8, 4) is 0 Å². The van der Waals surface area contributed by atoms with E-state index in [0.29, 0.717) is 5.56 Å². The predicted molar refractivity (Wildman–Crippen MR) is 114 cm³/mol. The van der Waals surface area contributed by atoms with Crippen LogP contribution in [0.2, 0.25) is 0 Å². The number of carbonyl (C=O) groups excluding carboxylic acids is 2. The second-order valence-electron chi connectivity index (χ2n) is 6.82. The molecular weight excluding hydrogens is 406 g/mol. The molecule has 0 spiro atoms. The topological polar surface area (TPSA) is 119 Å². The van der Waals surface area contributed by atoms with Crippen molar-refractivity contribution in [2.75, 3.05) is 11.9 Å². The first-order valence-electron chi connectivity index (χ1n) is 9.16. The summed E-state index contributed by atoms with van der Waals surface area (Å²) in [6, 6.07) is 9.63. The third kappa shape index (κ3) is 4.71. The highest BCUT2D eigenvalue weighted by molar-refractivity contribution is 7.10. The number of hydrogen-bond donors (Lipinski definition) is 2. The summed E-state index contributed by atoms with van der Waals surface area (Å²) in [5.41, 5.74) is 2.47. The standard InChI is InChI=1S/C20H21N5O4S/c1-12-6-7-15(25(28)29)10-16(12)22-20(27)19(26)21-11-17(18-5-4-8-30-18)24-14(3)9-13(2)23-24/h4-10,17H,11H2,1-3H3,(H,21,26)(H,22,27). The van der Waals surface area contributed by atoms with Gasteiger partial charge >= 0.3 is 11.8 Å². The number of anilines is 1. The molecule has 156 valence electrons. The minimum absolute atomic E-state index is 0.168. The summed E-state index contributed by atoms with van der Waals surface area (Å²) in [5, 5.41) is 22.5. The highest BCUT2D eigenvalue weighted by Crippen LogP contribution is 2.24. The van der Waals surface area contributed by atoms with Gasteiger partial charge < -0.3 is 10.6 Å². The molecule has 2 aromatic heterocycles. The lowest BCUT2D eigenvalue weighted by molar-refractivity contribution is -0.384. The lowest BCUT2D eigenvalue weighted by atomic mass is 10.2. The van der Waals surface area contributed by atoms with Crippen molar-refractivity contribution in [2.45, 2.75) is 26.8 Å². The SMILES string of the molecule is Cc1cc(C)n(C(CNC(=O)C(=O)Nc2cc([N+](=O)[O-])ccc2C)c2cccs2)n1. The Labute approximate surface area is 176 Å². The number of nitro benzene ring substituents is 1. The monoisotopic (exact) mass is 427 g/mol. The molecule has 0 saturated heterocycles. The third-order valence-electron chi connectivity index (χ3n) is 4.55. The lowest BCUT2D eigenvalue weighted by Gasteiger charge is -2.19. The minimum atomic E-state index is -0.892. The summed E-state index contributed by atoms with van der Waals surface area (Å²) in [6.45, 7) is 5.68. The number of nitrogens with one attached hydrogen (secondary N) is 2. The van der Waals surface area contributed by atoms with Crippen molar-refractivity contribution < 1.29 is 14.5 Å². The van der Waals surface area contributed by atoms with Crippen molar-refractivity contribution in [1.29, 1.82) is 0 Å². The summed E-state index contributed by atoms with van der Waals surface area (Å²) < 4.78 is 1.82. The molecular formula is C20H21N5O4S. The van der Waals surface area contributed by atoms with E-state index < -0.39 is 16.7 Å². The van der Waals surface area contributed by atoms with Crippen LogP contribution >= 0.6 is 11.3 Å². The molecule has 0 aliphatic rings. The van der Waals surface area contributed by atoms with Gasteiger partial charge in [0.2, 0.25) is 0 Å². The van der Waals surface area contributed by atoms with Crippen LogP contribution in [-0.2, 0) is 9.59 Å². The zero-order valence-corrected chi connectivity index (χ0v) is 17.5. The molecule has 0 aliphatic carbocycles. The quantitative estimate of drug-likeness (QED) is 0.356. The van der Waals surface area contributed by atoms with Crippen molar-refractivity contribution in [3.63, 3.8) is 0 Å². The van der Waals surface area contributed by atoms with E-state index in [1.807, 2.05) is 42.1 Å². The lowest BCUT2D eigenvalue weighted by Crippen LogP contribution is -2.39. The predicted octanol–water partition coefficient (Wildman–Crippen LogP) is 3.12. The first-order valence-corrected chi connectivity index (χ1v) is 10.0. The van der Waals surface area contributed by atoms with Crippen LogP contribution in [0.4, 0.5) is 11.4 Å². The second-order valence-corrected chi connectivity index (χ2v) is 7.80. The van der Waals surface area contributed by atoms with Gasteiger partial charge in [-0.15, -0.1) is 11.3 Å². The fourth-order valence-electron chi connectivity index (χ4n) is 3.06. The Kier molecular flexibility index (Phi) is 6.26. The summed E-state index contributed by atoms with van der Waals surface area (Å²) in [6.07, 6.45) is 0. The van der Waals surface area contributed by atoms with Crippen LogP contribution in [0.3, 0.4) is 0 Å². The highest BCUT2D eigenvalue weighted by atomic mass is 32.1. The van der Waals surface area contributed by atoms with Crippen molar-refractivity contribution in [1.82, 2.24) is 15.1 Å². The van der Waals surface area contributed by atoms with Gasteiger partial charge in [-0.25, -0.2) is 0 Å². The molecule has 1 aromatic carbocycles. The van der Waals surface area contributed by atoms with Gasteiger partial charge in [0.05, 0.1) is 16.3 Å². The molecule has 9 nitrogen and oxygen atoms in total. The van der Waals surface area contributed by atoms with Crippen molar-refractivity contribution in [2.24, 2.45) is 0 Å². The van der Waals surface area contributed by atoms with E-state index >= 15 is 0 Å². The van der Waals surface area contributed by atoms with Gasteiger partial charge in [0.15, 0.2) is 0 Å². The summed E-state index contributed by atoms with van der Waals surface area (Å²) in [7, 11) is 0. The molecule has 2 amide bonds. The number of nitro groups is 1. The molecule has 0 aliphatic heterocycles. The number of thiophene rings is 1. The molecule has 3 aromatic rings. The molecule has 0 fully saturated rings. The molecule has 0 bridgehead atoms. The fourth-order valence-corrected chi connectivity index (χ4v) is 3.87. The maximum Gasteiger partial charge on any atom is 0.313 e. The fraction of sp³-hybridized carbons (Fsp3) is 0.250. The third-order valence-corrected chi connectivity index (χ3v) is 5.53. The van der Waals surface area contributed by atoms with Crippen LogP contribution in [0.15, 0.2) is 41.8 Å². The second kappa shape index (κ2) is 8.87. The maximum atomic E-state index is 12.4. The van der Waals surface area contributed by atoms with Crippen molar-refractivity contribution >= 4 is 34.5 Å². The number of non-ortho nitro benzene ring substituents is 1. The number of benzene rings is 1. The van der Waals surface area contributed by atoms with Gasteiger partial charge in [-0.05, 0) is 43.8 Å². The molecule has 0 saturated carbocycles. The van der Waals surface area contributed by atoms with Crippen LogP contribution in [0, 0.1) is 30.9 Å². The van der Waals surface area contributed by atoms with E-state index in [4.69, 9.17) is 0 Å². The number of rotatable bonds is 6. The Hall–Kier alpha value is -3.53. The van der Waals surface area contributed by atoms with E-state index in [1.165, 1.54) is 29.5 Å². The number of aryl methyl sites for hydroxylation is 3. The molecule has 2 N–H and O–H groups in total. The summed E-state index contributed by atoms with van der Waals surface area (Å²) >= 11 is 1.54. The smallest absolute Gasteiger partial charge is 0.313 e. The average Bonchev–Trinajstić information content (AvgIpc) is 3.33. The molecule has 3 rings (SSSR count). The van der Waals surface area contributed by atoms with Crippen LogP contribution in [-0.4, -0.2) is 33.1 Å². The van der Waals surface area contributed by atoms with Crippen LogP contribution in [0.1, 0.15) is 27.9 Å². The van der Waals surface area contributed by atoms with Gasteiger partial charge in [-0.1, -0.05) is 12.1 Å². The first kappa shape index (κ1) is 21.2. The van der Waals surface area contributed by atoms with Crippen LogP contribution in [0.5, 0.6) is 0 Å². The molecule has 30 heavy (non-hydrogen) atoms. The Bertz CT molecular complexity index is 1090. The van der Waals surface area contributed by atoms with Crippen LogP contribution < -0.4 is 10.6 Å². The Morgan fingerprint density at radius 3 is 2.57 bits per heavy atom. The number of amides is 2. The van der Waals surface area contributed by atoms with Gasteiger partial charge in [-0.2, -0.15) is 5.10 Å². The minimum Gasteiger partial charge on any atom is -0.345 e. The molecule has 0 radical (unpaired) electrons. The maximum absolute atomic E-state index is 12.4.